The first-order valence-corrected chi connectivity index (χ1v) is 9.41. The topological polar surface area (TPSA) is 64.4 Å². The number of nitrogens with zero attached hydrogens (tertiary/aromatic N) is 2. The molecule has 0 spiro atoms. The smallest absolute Gasteiger partial charge is 0.487 e. The van der Waals surface area contributed by atoms with Gasteiger partial charge in [-0.2, -0.15) is 5.26 Å². The van der Waals surface area contributed by atoms with Crippen molar-refractivity contribution in [1.29, 1.82) is 5.26 Å². The van der Waals surface area contributed by atoms with Gasteiger partial charge in [0.1, 0.15) is 29.6 Å². The third-order valence-electron chi connectivity index (χ3n) is 3.94. The van der Waals surface area contributed by atoms with Crippen LogP contribution in [-0.4, -0.2) is 11.3 Å². The minimum absolute atomic E-state index is 0.129. The standard InChI is InChI=1S/C21H13Cl2F3N2O3/c1-12-19(28-3-2-20(12)31-21(24,25)26)11-29-16-6-15(23)8-18(9-16)30-17-5-13(10-27)4-14(22)7-17/h2-9H,11H2,1H3. The molecule has 10 heteroatoms. The monoisotopic (exact) mass is 468 g/mol. The molecule has 0 unspecified atom stereocenters. The van der Waals surface area contributed by atoms with Gasteiger partial charge < -0.3 is 14.2 Å². The molecule has 0 saturated carbocycles. The van der Waals surface area contributed by atoms with E-state index in [9.17, 15) is 13.2 Å². The van der Waals surface area contributed by atoms with E-state index in [4.69, 9.17) is 37.9 Å². The average molecular weight is 469 g/mol. The van der Waals surface area contributed by atoms with E-state index in [1.165, 1.54) is 49.5 Å². The highest BCUT2D eigenvalue weighted by Crippen LogP contribution is 2.32. The Morgan fingerprint density at radius 3 is 2.32 bits per heavy atom. The third kappa shape index (κ3) is 6.41. The Morgan fingerprint density at radius 1 is 1.00 bits per heavy atom. The Hall–Kier alpha value is -3.15. The molecule has 0 amide bonds. The maximum absolute atomic E-state index is 12.5. The molecule has 0 aliphatic carbocycles. The molecule has 0 fully saturated rings. The maximum Gasteiger partial charge on any atom is 0.573 e. The second kappa shape index (κ2) is 9.33. The van der Waals surface area contributed by atoms with E-state index in [1.54, 1.807) is 0 Å². The first-order chi connectivity index (χ1) is 14.6. The molecule has 5 nitrogen and oxygen atoms in total. The van der Waals surface area contributed by atoms with Gasteiger partial charge in [-0.3, -0.25) is 4.98 Å². The lowest BCUT2D eigenvalue weighted by Crippen LogP contribution is -2.18. The summed E-state index contributed by atoms with van der Waals surface area (Å²) in [6.45, 7) is 1.32. The minimum atomic E-state index is -4.81. The molecular weight excluding hydrogens is 456 g/mol. The fraction of sp³-hybridized carbons (Fsp3) is 0.143. The number of aromatic nitrogens is 1. The predicted octanol–water partition coefficient (Wildman–Crippen LogP) is 6.84. The Labute approximate surface area is 185 Å². The van der Waals surface area contributed by atoms with E-state index < -0.39 is 6.36 Å². The Morgan fingerprint density at radius 2 is 1.65 bits per heavy atom. The van der Waals surface area contributed by atoms with Crippen LogP contribution in [-0.2, 0) is 6.61 Å². The van der Waals surface area contributed by atoms with Crippen LogP contribution in [0.5, 0.6) is 23.0 Å². The number of alkyl halides is 3. The average Bonchev–Trinajstić information content (AvgIpc) is 2.66. The highest BCUT2D eigenvalue weighted by Gasteiger charge is 2.32. The number of rotatable bonds is 6. The summed E-state index contributed by atoms with van der Waals surface area (Å²) in [6.07, 6.45) is -3.61. The second-order valence-corrected chi connectivity index (χ2v) is 7.10. The number of ether oxygens (including phenoxy) is 3. The zero-order valence-electron chi connectivity index (χ0n) is 15.8. The number of nitriles is 1. The van der Waals surface area contributed by atoms with Gasteiger partial charge in [0.2, 0.25) is 0 Å². The molecule has 31 heavy (non-hydrogen) atoms. The van der Waals surface area contributed by atoms with Gasteiger partial charge in [-0.1, -0.05) is 23.2 Å². The van der Waals surface area contributed by atoms with E-state index in [2.05, 4.69) is 9.72 Å². The summed E-state index contributed by atoms with van der Waals surface area (Å²) in [6, 6.07) is 12.2. The Balaban J connectivity index is 1.77. The molecule has 3 rings (SSSR count). The number of benzene rings is 2. The van der Waals surface area contributed by atoms with Gasteiger partial charge in [-0.25, -0.2) is 0 Å². The first kappa shape index (κ1) is 22.5. The fourth-order valence-corrected chi connectivity index (χ4v) is 3.03. The molecule has 1 heterocycles. The van der Waals surface area contributed by atoms with Crippen LogP contribution >= 0.6 is 23.2 Å². The van der Waals surface area contributed by atoms with Crippen LogP contribution in [0.4, 0.5) is 13.2 Å². The zero-order chi connectivity index (χ0) is 22.6. The maximum atomic E-state index is 12.5. The number of halogens is 5. The molecule has 0 aliphatic heterocycles. The molecule has 3 aromatic rings. The lowest BCUT2D eigenvalue weighted by molar-refractivity contribution is -0.274. The fourth-order valence-electron chi connectivity index (χ4n) is 2.59. The van der Waals surface area contributed by atoms with E-state index in [-0.39, 0.29) is 23.6 Å². The number of pyridine rings is 1. The SMILES string of the molecule is Cc1c(OC(F)(F)F)ccnc1COc1cc(Cl)cc(Oc2cc(Cl)cc(C#N)c2)c1. The summed E-state index contributed by atoms with van der Waals surface area (Å²) >= 11 is 12.1. The molecule has 1 aromatic heterocycles. The van der Waals surface area contributed by atoms with Crippen molar-refractivity contribution >= 4 is 23.2 Å². The van der Waals surface area contributed by atoms with Gasteiger partial charge in [-0.15, -0.1) is 13.2 Å². The van der Waals surface area contributed by atoms with Crippen LogP contribution in [0.15, 0.2) is 48.7 Å². The first-order valence-electron chi connectivity index (χ1n) is 8.65. The predicted molar refractivity (Wildman–Crippen MR) is 108 cm³/mol. The van der Waals surface area contributed by atoms with E-state index >= 15 is 0 Å². The highest BCUT2D eigenvalue weighted by molar-refractivity contribution is 6.31. The lowest BCUT2D eigenvalue weighted by atomic mass is 10.2. The van der Waals surface area contributed by atoms with Crippen LogP contribution in [0.25, 0.3) is 0 Å². The van der Waals surface area contributed by atoms with Crippen molar-refractivity contribution in [2.75, 3.05) is 0 Å². The van der Waals surface area contributed by atoms with E-state index in [0.29, 0.717) is 32.9 Å². The molecule has 0 saturated heterocycles. The van der Waals surface area contributed by atoms with Gasteiger partial charge in [0.05, 0.1) is 17.3 Å². The summed E-state index contributed by atoms with van der Waals surface area (Å²) in [4.78, 5) is 4.04. The molecule has 0 radical (unpaired) electrons. The summed E-state index contributed by atoms with van der Waals surface area (Å²) in [5.74, 6) is 0.582. The second-order valence-electron chi connectivity index (χ2n) is 6.23. The van der Waals surface area contributed by atoms with Crippen LogP contribution in [0.1, 0.15) is 16.8 Å². The lowest BCUT2D eigenvalue weighted by Gasteiger charge is -2.14. The Kier molecular flexibility index (Phi) is 6.78. The van der Waals surface area contributed by atoms with Crippen LogP contribution in [0.3, 0.4) is 0 Å². The highest BCUT2D eigenvalue weighted by atomic mass is 35.5. The van der Waals surface area contributed by atoms with Gasteiger partial charge >= 0.3 is 6.36 Å². The molecule has 0 aliphatic rings. The van der Waals surface area contributed by atoms with Crippen molar-refractivity contribution < 1.29 is 27.4 Å². The summed E-state index contributed by atoms with van der Waals surface area (Å²) in [7, 11) is 0. The molecule has 2 aromatic carbocycles. The van der Waals surface area contributed by atoms with Crippen molar-refractivity contribution in [3.63, 3.8) is 0 Å². The van der Waals surface area contributed by atoms with Crippen molar-refractivity contribution in [3.8, 4) is 29.1 Å². The van der Waals surface area contributed by atoms with Crippen LogP contribution in [0.2, 0.25) is 10.0 Å². The number of hydrogen-bond donors (Lipinski definition) is 0. The van der Waals surface area contributed by atoms with E-state index in [1.807, 2.05) is 6.07 Å². The normalized spacial score (nSPS) is 11.0. The Bertz CT molecular complexity index is 1150. The largest absolute Gasteiger partial charge is 0.573 e. The van der Waals surface area contributed by atoms with Crippen molar-refractivity contribution in [3.05, 3.63) is 75.5 Å². The molecule has 0 atom stereocenters. The van der Waals surface area contributed by atoms with Gasteiger partial charge in [0.15, 0.2) is 0 Å². The van der Waals surface area contributed by atoms with Crippen molar-refractivity contribution in [2.24, 2.45) is 0 Å². The molecular formula is C21H13Cl2F3N2O3. The van der Waals surface area contributed by atoms with E-state index in [0.717, 1.165) is 6.07 Å². The van der Waals surface area contributed by atoms with Crippen molar-refractivity contribution in [1.82, 2.24) is 4.98 Å². The third-order valence-corrected chi connectivity index (χ3v) is 4.38. The van der Waals surface area contributed by atoms with Gasteiger partial charge in [0.25, 0.3) is 0 Å². The quantitative estimate of drug-likeness (QED) is 0.396. The van der Waals surface area contributed by atoms with Crippen molar-refractivity contribution in [2.45, 2.75) is 19.9 Å². The van der Waals surface area contributed by atoms with Gasteiger partial charge in [-0.05, 0) is 43.3 Å². The van der Waals surface area contributed by atoms with Crippen LogP contribution < -0.4 is 14.2 Å². The molecule has 0 bridgehead atoms. The summed E-state index contributed by atoms with van der Waals surface area (Å²) in [5, 5.41) is 9.67. The molecule has 0 N–H and O–H groups in total. The summed E-state index contributed by atoms with van der Waals surface area (Å²) in [5.41, 5.74) is 0.780. The van der Waals surface area contributed by atoms with Crippen LogP contribution in [0, 0.1) is 18.3 Å². The minimum Gasteiger partial charge on any atom is -0.487 e. The van der Waals surface area contributed by atoms with Gasteiger partial charge in [0, 0.05) is 27.9 Å². The number of hydrogen-bond acceptors (Lipinski definition) is 5. The zero-order valence-corrected chi connectivity index (χ0v) is 17.3. The summed E-state index contributed by atoms with van der Waals surface area (Å²) < 4.78 is 52.9. The molecule has 160 valence electrons.